The molecule has 2 aliphatic rings. The molecular weight excluding hydrogens is 360 g/mol. The van der Waals surface area contributed by atoms with E-state index < -0.39 is 5.41 Å². The van der Waals surface area contributed by atoms with Gasteiger partial charge in [0.05, 0.1) is 17.9 Å². The predicted octanol–water partition coefficient (Wildman–Crippen LogP) is 2.01. The lowest BCUT2D eigenvalue weighted by Gasteiger charge is -2.32. The Bertz CT molecular complexity index is 805. The van der Waals surface area contributed by atoms with Crippen LogP contribution >= 0.6 is 0 Å². The van der Waals surface area contributed by atoms with Crippen molar-refractivity contribution >= 4 is 23.6 Å². The summed E-state index contributed by atoms with van der Waals surface area (Å²) in [6.07, 6.45) is 1.89. The summed E-state index contributed by atoms with van der Waals surface area (Å²) in [6, 6.07) is 8.67. The first-order valence-corrected chi connectivity index (χ1v) is 9.53. The summed E-state index contributed by atoms with van der Waals surface area (Å²) < 4.78 is 4.99. The van der Waals surface area contributed by atoms with Gasteiger partial charge in [-0.2, -0.15) is 5.26 Å². The summed E-state index contributed by atoms with van der Waals surface area (Å²) in [7, 11) is 0. The lowest BCUT2D eigenvalue weighted by atomic mass is 10.0. The van der Waals surface area contributed by atoms with Gasteiger partial charge in [0, 0.05) is 19.1 Å². The molecule has 8 heteroatoms. The van der Waals surface area contributed by atoms with Crippen LogP contribution in [0, 0.1) is 16.7 Å². The highest BCUT2D eigenvalue weighted by molar-refractivity contribution is 6.13. The molecule has 0 aromatic heterocycles. The number of hydrogen-bond acceptors (Lipinski definition) is 5. The predicted molar refractivity (Wildman–Crippen MR) is 101 cm³/mol. The second-order valence-corrected chi connectivity index (χ2v) is 7.13. The topological polar surface area (TPSA) is 112 Å². The van der Waals surface area contributed by atoms with Crippen molar-refractivity contribution in [3.8, 4) is 6.07 Å². The standard InChI is InChI=1S/C20H24N4O4/c1-2-28-19(27)24-11-7-15(8-12-24)22-17(25)20(9-10-20)18(26)23-16-6-4-3-5-14(16)13-21/h3-6,15H,2,7-12H2,1H3,(H,22,25)(H,23,26). The maximum Gasteiger partial charge on any atom is 0.409 e. The molecule has 0 atom stereocenters. The molecule has 148 valence electrons. The number of benzene rings is 1. The second-order valence-electron chi connectivity index (χ2n) is 7.13. The van der Waals surface area contributed by atoms with Crippen LogP contribution in [0.3, 0.4) is 0 Å². The lowest BCUT2D eigenvalue weighted by molar-refractivity contribution is -0.135. The number of carbonyl (C=O) groups is 3. The Morgan fingerprint density at radius 1 is 1.21 bits per heavy atom. The number of anilines is 1. The van der Waals surface area contributed by atoms with E-state index in [-0.39, 0.29) is 23.9 Å². The maximum atomic E-state index is 12.8. The molecule has 1 heterocycles. The summed E-state index contributed by atoms with van der Waals surface area (Å²) in [6.45, 7) is 3.12. The minimum Gasteiger partial charge on any atom is -0.450 e. The van der Waals surface area contributed by atoms with Crippen molar-refractivity contribution < 1.29 is 19.1 Å². The molecular formula is C20H24N4O4. The van der Waals surface area contributed by atoms with Crippen LogP contribution in [0.15, 0.2) is 24.3 Å². The Kier molecular flexibility index (Phi) is 5.83. The Morgan fingerprint density at radius 2 is 1.89 bits per heavy atom. The molecule has 3 amide bonds. The van der Waals surface area contributed by atoms with Crippen LogP contribution < -0.4 is 10.6 Å². The molecule has 1 saturated heterocycles. The van der Waals surface area contributed by atoms with Gasteiger partial charge < -0.3 is 20.3 Å². The van der Waals surface area contributed by atoms with E-state index in [4.69, 9.17) is 10.00 Å². The quantitative estimate of drug-likeness (QED) is 0.755. The summed E-state index contributed by atoms with van der Waals surface area (Å²) in [4.78, 5) is 38.8. The SMILES string of the molecule is CCOC(=O)N1CCC(NC(=O)C2(C(=O)Nc3ccccc3C#N)CC2)CC1. The molecule has 0 spiro atoms. The first kappa shape index (κ1) is 19.7. The van der Waals surface area contributed by atoms with Gasteiger partial charge in [0.2, 0.25) is 11.8 Å². The van der Waals surface area contributed by atoms with Gasteiger partial charge in [0.1, 0.15) is 11.5 Å². The van der Waals surface area contributed by atoms with Gasteiger partial charge in [-0.25, -0.2) is 4.79 Å². The van der Waals surface area contributed by atoms with Crippen LogP contribution in [0.25, 0.3) is 0 Å². The smallest absolute Gasteiger partial charge is 0.409 e. The number of hydrogen-bond donors (Lipinski definition) is 2. The molecule has 1 saturated carbocycles. The molecule has 1 aliphatic carbocycles. The Morgan fingerprint density at radius 3 is 2.50 bits per heavy atom. The Balaban J connectivity index is 1.55. The number of para-hydroxylation sites is 1. The second kappa shape index (κ2) is 8.30. The largest absolute Gasteiger partial charge is 0.450 e. The highest BCUT2D eigenvalue weighted by atomic mass is 16.6. The number of nitrogens with one attached hydrogen (secondary N) is 2. The number of amides is 3. The van der Waals surface area contributed by atoms with Crippen molar-refractivity contribution in [2.45, 2.75) is 38.6 Å². The first-order valence-electron chi connectivity index (χ1n) is 9.53. The van der Waals surface area contributed by atoms with Crippen LogP contribution in [0.5, 0.6) is 0 Å². The van der Waals surface area contributed by atoms with Crippen molar-refractivity contribution in [2.24, 2.45) is 5.41 Å². The van der Waals surface area contributed by atoms with E-state index in [0.29, 0.717) is 56.6 Å². The maximum absolute atomic E-state index is 12.8. The number of likely N-dealkylation sites (tertiary alicyclic amines) is 1. The molecule has 8 nitrogen and oxygen atoms in total. The number of nitriles is 1. The average Bonchev–Trinajstić information content (AvgIpc) is 3.51. The van der Waals surface area contributed by atoms with E-state index in [1.807, 2.05) is 6.07 Å². The van der Waals surface area contributed by atoms with Gasteiger partial charge in [-0.3, -0.25) is 9.59 Å². The molecule has 0 bridgehead atoms. The molecule has 1 aliphatic heterocycles. The number of carbonyl (C=O) groups excluding carboxylic acids is 3. The van der Waals surface area contributed by atoms with Crippen LogP contribution in [0.4, 0.5) is 10.5 Å². The monoisotopic (exact) mass is 384 g/mol. The summed E-state index contributed by atoms with van der Waals surface area (Å²) in [5.74, 6) is -0.661. The van der Waals surface area contributed by atoms with Crippen LogP contribution in [-0.4, -0.2) is 48.5 Å². The molecule has 1 aromatic rings. The van der Waals surface area contributed by atoms with E-state index >= 15 is 0 Å². The molecule has 0 radical (unpaired) electrons. The lowest BCUT2D eigenvalue weighted by Crippen LogP contribution is -2.50. The number of nitrogens with zero attached hydrogens (tertiary/aromatic N) is 2. The van der Waals surface area contributed by atoms with Gasteiger partial charge in [-0.15, -0.1) is 0 Å². The zero-order valence-electron chi connectivity index (χ0n) is 15.9. The zero-order chi connectivity index (χ0) is 20.1. The molecule has 28 heavy (non-hydrogen) atoms. The molecule has 1 aromatic carbocycles. The summed E-state index contributed by atoms with van der Waals surface area (Å²) in [5, 5.41) is 14.8. The van der Waals surface area contributed by atoms with E-state index in [0.717, 1.165) is 0 Å². The van der Waals surface area contributed by atoms with Gasteiger partial charge in [-0.1, -0.05) is 12.1 Å². The average molecular weight is 384 g/mol. The highest BCUT2D eigenvalue weighted by Gasteiger charge is 2.57. The summed E-state index contributed by atoms with van der Waals surface area (Å²) in [5.41, 5.74) is -0.295. The third-order valence-corrected chi connectivity index (χ3v) is 5.27. The number of rotatable bonds is 5. The van der Waals surface area contributed by atoms with Crippen molar-refractivity contribution in [3.63, 3.8) is 0 Å². The van der Waals surface area contributed by atoms with Gasteiger partial charge in [0.25, 0.3) is 0 Å². The van der Waals surface area contributed by atoms with Crippen LogP contribution in [-0.2, 0) is 14.3 Å². The van der Waals surface area contributed by atoms with Crippen molar-refractivity contribution in [2.75, 3.05) is 25.0 Å². The van der Waals surface area contributed by atoms with Gasteiger partial charge in [-0.05, 0) is 44.7 Å². The zero-order valence-corrected chi connectivity index (χ0v) is 15.9. The van der Waals surface area contributed by atoms with Crippen molar-refractivity contribution in [1.82, 2.24) is 10.2 Å². The fourth-order valence-electron chi connectivity index (χ4n) is 3.36. The summed E-state index contributed by atoms with van der Waals surface area (Å²) >= 11 is 0. The minimum atomic E-state index is -1.07. The van der Waals surface area contributed by atoms with E-state index in [9.17, 15) is 14.4 Å². The normalized spacial score (nSPS) is 17.9. The number of ether oxygens (including phenoxy) is 1. The number of piperidine rings is 1. The minimum absolute atomic E-state index is 0.0742. The van der Waals surface area contributed by atoms with E-state index in [1.165, 1.54) is 0 Å². The van der Waals surface area contributed by atoms with Crippen molar-refractivity contribution in [3.05, 3.63) is 29.8 Å². The molecule has 2 fully saturated rings. The third-order valence-electron chi connectivity index (χ3n) is 5.27. The molecule has 0 unspecified atom stereocenters. The van der Waals surface area contributed by atoms with Crippen molar-refractivity contribution in [1.29, 1.82) is 5.26 Å². The Hall–Kier alpha value is -3.08. The third kappa shape index (κ3) is 4.09. The Labute approximate surface area is 163 Å². The molecule has 2 N–H and O–H groups in total. The van der Waals surface area contributed by atoms with Gasteiger partial charge in [0.15, 0.2) is 0 Å². The van der Waals surface area contributed by atoms with Crippen LogP contribution in [0.1, 0.15) is 38.2 Å². The van der Waals surface area contributed by atoms with Crippen LogP contribution in [0.2, 0.25) is 0 Å². The molecule has 3 rings (SSSR count). The van der Waals surface area contributed by atoms with E-state index in [1.54, 1.807) is 36.1 Å². The van der Waals surface area contributed by atoms with Gasteiger partial charge >= 0.3 is 6.09 Å². The fourth-order valence-corrected chi connectivity index (χ4v) is 3.36. The highest BCUT2D eigenvalue weighted by Crippen LogP contribution is 2.47. The van der Waals surface area contributed by atoms with E-state index in [2.05, 4.69) is 10.6 Å². The first-order chi connectivity index (χ1) is 13.5. The fraction of sp³-hybridized carbons (Fsp3) is 0.500.